The van der Waals surface area contributed by atoms with Crippen LogP contribution >= 0.6 is 0 Å². The summed E-state index contributed by atoms with van der Waals surface area (Å²) in [6.07, 6.45) is 4.66. The molecule has 0 unspecified atom stereocenters. The number of aromatic carboxylic acids is 1. The summed E-state index contributed by atoms with van der Waals surface area (Å²) in [5.74, 6) is -3.19. The number of halogens is 2. The molecule has 2 N–H and O–H groups in total. The van der Waals surface area contributed by atoms with E-state index >= 15 is 0 Å². The number of carboxylic acid groups (broad SMARTS) is 1. The Kier molecular flexibility index (Phi) is 4.89. The maximum Gasteiger partial charge on any atom is 0.335 e. The quantitative estimate of drug-likeness (QED) is 0.789. The van der Waals surface area contributed by atoms with Crippen LogP contribution in [-0.2, 0) is 4.74 Å². The lowest BCUT2D eigenvalue weighted by atomic mass is 10.2. The van der Waals surface area contributed by atoms with Crippen molar-refractivity contribution in [3.63, 3.8) is 0 Å². The number of carboxylic acids is 1. The summed E-state index contributed by atoms with van der Waals surface area (Å²) in [6, 6.07) is 1.59. The molecule has 0 aromatic heterocycles. The van der Waals surface area contributed by atoms with E-state index in [-0.39, 0.29) is 18.3 Å². The summed E-state index contributed by atoms with van der Waals surface area (Å²) >= 11 is 0. The van der Waals surface area contributed by atoms with Gasteiger partial charge in [-0.05, 0) is 25.0 Å². The van der Waals surface area contributed by atoms with Gasteiger partial charge in [0.05, 0.1) is 18.3 Å². The fourth-order valence-electron chi connectivity index (χ4n) is 2.32. The minimum Gasteiger partial charge on any atom is -0.478 e. The van der Waals surface area contributed by atoms with Gasteiger partial charge in [-0.25, -0.2) is 13.6 Å². The maximum absolute atomic E-state index is 13.6. The summed E-state index contributed by atoms with van der Waals surface area (Å²) in [5, 5.41) is 11.3. The Labute approximate surface area is 115 Å². The Morgan fingerprint density at radius 3 is 2.45 bits per heavy atom. The molecule has 1 saturated carbocycles. The molecule has 0 atom stereocenters. The van der Waals surface area contributed by atoms with Gasteiger partial charge in [0.15, 0.2) is 0 Å². The Morgan fingerprint density at radius 2 is 1.90 bits per heavy atom. The Morgan fingerprint density at radius 1 is 1.30 bits per heavy atom. The molecular formula is C14H17F2NO3. The van der Waals surface area contributed by atoms with E-state index in [0.717, 1.165) is 37.8 Å². The highest BCUT2D eigenvalue weighted by molar-refractivity contribution is 5.88. The number of carbonyl (C=O) groups is 1. The van der Waals surface area contributed by atoms with E-state index in [4.69, 9.17) is 9.84 Å². The predicted octanol–water partition coefficient (Wildman–Crippen LogP) is 3.03. The van der Waals surface area contributed by atoms with Gasteiger partial charge in [0.1, 0.15) is 17.3 Å². The molecule has 0 spiro atoms. The molecule has 1 aliphatic rings. The third-order valence-corrected chi connectivity index (χ3v) is 3.35. The van der Waals surface area contributed by atoms with Gasteiger partial charge in [0.2, 0.25) is 0 Å². The Balaban J connectivity index is 1.87. The predicted molar refractivity (Wildman–Crippen MR) is 70.0 cm³/mol. The third kappa shape index (κ3) is 3.66. The van der Waals surface area contributed by atoms with Crippen molar-refractivity contribution in [2.45, 2.75) is 31.8 Å². The molecule has 0 aliphatic heterocycles. The van der Waals surface area contributed by atoms with Gasteiger partial charge < -0.3 is 15.2 Å². The summed E-state index contributed by atoms with van der Waals surface area (Å²) in [4.78, 5) is 10.7. The summed E-state index contributed by atoms with van der Waals surface area (Å²) < 4.78 is 32.8. The van der Waals surface area contributed by atoms with E-state index in [1.54, 1.807) is 0 Å². The lowest BCUT2D eigenvalue weighted by molar-refractivity contribution is 0.0657. The van der Waals surface area contributed by atoms with Crippen LogP contribution in [0.2, 0.25) is 0 Å². The van der Waals surface area contributed by atoms with Crippen molar-refractivity contribution in [1.82, 2.24) is 0 Å². The zero-order chi connectivity index (χ0) is 14.5. The topological polar surface area (TPSA) is 58.6 Å². The van der Waals surface area contributed by atoms with Crippen LogP contribution in [0.15, 0.2) is 12.1 Å². The standard InChI is InChI=1S/C14H17F2NO3/c15-11-7-9(14(18)19)8-12(16)13(11)17-5-6-20-10-3-1-2-4-10/h7-8,10,17H,1-6H2,(H,18,19). The molecule has 1 aliphatic carbocycles. The fraction of sp³-hybridized carbons (Fsp3) is 0.500. The number of anilines is 1. The first-order chi connectivity index (χ1) is 9.58. The van der Waals surface area contributed by atoms with Crippen LogP contribution in [0.4, 0.5) is 14.5 Å². The average Bonchev–Trinajstić information content (AvgIpc) is 2.89. The van der Waals surface area contributed by atoms with Gasteiger partial charge in [-0.3, -0.25) is 0 Å². The van der Waals surface area contributed by atoms with Crippen molar-refractivity contribution < 1.29 is 23.4 Å². The summed E-state index contributed by atoms with van der Waals surface area (Å²) in [7, 11) is 0. The molecule has 2 rings (SSSR count). The number of hydrogen-bond acceptors (Lipinski definition) is 3. The number of hydrogen-bond donors (Lipinski definition) is 2. The lowest BCUT2D eigenvalue weighted by Crippen LogP contribution is -2.16. The third-order valence-electron chi connectivity index (χ3n) is 3.35. The lowest BCUT2D eigenvalue weighted by Gasteiger charge is -2.13. The van der Waals surface area contributed by atoms with Gasteiger partial charge in [-0.1, -0.05) is 12.8 Å². The Bertz CT molecular complexity index is 464. The fourth-order valence-corrected chi connectivity index (χ4v) is 2.32. The number of benzene rings is 1. The van der Waals surface area contributed by atoms with Crippen molar-refractivity contribution in [1.29, 1.82) is 0 Å². The highest BCUT2D eigenvalue weighted by Gasteiger charge is 2.16. The van der Waals surface area contributed by atoms with Gasteiger partial charge >= 0.3 is 5.97 Å². The Hall–Kier alpha value is -1.69. The van der Waals surface area contributed by atoms with Crippen molar-refractivity contribution >= 4 is 11.7 Å². The molecule has 20 heavy (non-hydrogen) atoms. The first kappa shape index (κ1) is 14.7. The first-order valence-corrected chi connectivity index (χ1v) is 6.65. The molecule has 0 heterocycles. The van der Waals surface area contributed by atoms with E-state index in [2.05, 4.69) is 5.32 Å². The average molecular weight is 285 g/mol. The maximum atomic E-state index is 13.6. The van der Waals surface area contributed by atoms with E-state index in [9.17, 15) is 13.6 Å². The summed E-state index contributed by atoms with van der Waals surface area (Å²) in [6.45, 7) is 0.640. The smallest absolute Gasteiger partial charge is 0.335 e. The van der Waals surface area contributed by atoms with Crippen LogP contribution in [0.5, 0.6) is 0 Å². The molecular weight excluding hydrogens is 268 g/mol. The van der Waals surface area contributed by atoms with E-state index < -0.39 is 23.2 Å². The largest absolute Gasteiger partial charge is 0.478 e. The highest BCUT2D eigenvalue weighted by atomic mass is 19.1. The normalized spacial score (nSPS) is 15.5. The molecule has 1 aromatic carbocycles. The van der Waals surface area contributed by atoms with E-state index in [0.29, 0.717) is 6.61 Å². The number of ether oxygens (including phenoxy) is 1. The van der Waals surface area contributed by atoms with Crippen molar-refractivity contribution in [3.8, 4) is 0 Å². The zero-order valence-electron chi connectivity index (χ0n) is 11.0. The van der Waals surface area contributed by atoms with Gasteiger partial charge in [0, 0.05) is 6.54 Å². The van der Waals surface area contributed by atoms with E-state index in [1.165, 1.54) is 0 Å². The summed E-state index contributed by atoms with van der Waals surface area (Å²) in [5.41, 5.74) is -0.724. The van der Waals surface area contributed by atoms with Crippen molar-refractivity contribution in [2.75, 3.05) is 18.5 Å². The van der Waals surface area contributed by atoms with Gasteiger partial charge in [-0.15, -0.1) is 0 Å². The molecule has 0 radical (unpaired) electrons. The molecule has 1 fully saturated rings. The number of nitrogens with one attached hydrogen (secondary N) is 1. The van der Waals surface area contributed by atoms with Crippen LogP contribution < -0.4 is 5.32 Å². The first-order valence-electron chi connectivity index (χ1n) is 6.65. The SMILES string of the molecule is O=C(O)c1cc(F)c(NCCOC2CCCC2)c(F)c1. The monoisotopic (exact) mass is 285 g/mol. The minimum atomic E-state index is -1.36. The van der Waals surface area contributed by atoms with Crippen molar-refractivity contribution in [2.24, 2.45) is 0 Å². The second-order valence-corrected chi connectivity index (χ2v) is 4.82. The molecule has 0 saturated heterocycles. The van der Waals surface area contributed by atoms with Crippen molar-refractivity contribution in [3.05, 3.63) is 29.3 Å². The molecule has 4 nitrogen and oxygen atoms in total. The molecule has 6 heteroatoms. The van der Waals surface area contributed by atoms with Crippen LogP contribution in [0, 0.1) is 11.6 Å². The minimum absolute atomic E-state index is 0.251. The molecule has 110 valence electrons. The van der Waals surface area contributed by atoms with Gasteiger partial charge in [-0.2, -0.15) is 0 Å². The zero-order valence-corrected chi connectivity index (χ0v) is 11.0. The van der Waals surface area contributed by atoms with E-state index in [1.807, 2.05) is 0 Å². The van der Waals surface area contributed by atoms with Crippen LogP contribution in [-0.4, -0.2) is 30.3 Å². The van der Waals surface area contributed by atoms with Crippen LogP contribution in [0.1, 0.15) is 36.0 Å². The van der Waals surface area contributed by atoms with Gasteiger partial charge in [0.25, 0.3) is 0 Å². The van der Waals surface area contributed by atoms with Crippen LogP contribution in [0.3, 0.4) is 0 Å². The molecule has 0 bridgehead atoms. The second-order valence-electron chi connectivity index (χ2n) is 4.82. The highest BCUT2D eigenvalue weighted by Crippen LogP contribution is 2.22. The van der Waals surface area contributed by atoms with Crippen LogP contribution in [0.25, 0.3) is 0 Å². The number of rotatable bonds is 6. The molecule has 0 amide bonds. The molecule has 1 aromatic rings. The second kappa shape index (κ2) is 6.65.